The van der Waals surface area contributed by atoms with E-state index in [9.17, 15) is 4.79 Å². The highest BCUT2D eigenvalue weighted by Crippen LogP contribution is 2.37. The number of nitrogen functional groups attached to an aromatic ring is 1. The molecule has 0 aliphatic heterocycles. The van der Waals surface area contributed by atoms with Crippen LogP contribution in [0.15, 0.2) is 45.3 Å². The highest BCUT2D eigenvalue weighted by Gasteiger charge is 2.18. The van der Waals surface area contributed by atoms with Crippen LogP contribution >= 0.6 is 11.3 Å². The summed E-state index contributed by atoms with van der Waals surface area (Å²) in [5.74, 6) is 0.0957. The number of anilines is 1. The summed E-state index contributed by atoms with van der Waals surface area (Å²) in [6.45, 7) is 2.05. The van der Waals surface area contributed by atoms with Gasteiger partial charge >= 0.3 is 5.76 Å². The van der Waals surface area contributed by atoms with Gasteiger partial charge in [-0.15, -0.1) is 11.3 Å². The maximum atomic E-state index is 11.2. The SMILES string of the molecule is Cc1ccc2sccc2c1-c1cnc2c(-c3noc(=O)[nH]3)cnn2c1N. The van der Waals surface area contributed by atoms with Crippen LogP contribution in [-0.2, 0) is 0 Å². The number of aryl methyl sites for hydroxylation is 1. The Labute approximate surface area is 149 Å². The predicted molar refractivity (Wildman–Crippen MR) is 99.1 cm³/mol. The molecule has 0 saturated carbocycles. The minimum atomic E-state index is -0.635. The third-order valence-electron chi connectivity index (χ3n) is 4.37. The van der Waals surface area contributed by atoms with Gasteiger partial charge in [0.25, 0.3) is 0 Å². The molecule has 0 spiro atoms. The average molecular weight is 364 g/mol. The summed E-state index contributed by atoms with van der Waals surface area (Å²) < 4.78 is 7.29. The van der Waals surface area contributed by atoms with Crippen molar-refractivity contribution in [1.82, 2.24) is 24.7 Å². The van der Waals surface area contributed by atoms with Crippen LogP contribution in [0.3, 0.4) is 0 Å². The Morgan fingerprint density at radius 2 is 2.12 bits per heavy atom. The van der Waals surface area contributed by atoms with E-state index in [2.05, 4.69) is 48.3 Å². The van der Waals surface area contributed by atoms with Crippen molar-refractivity contribution >= 4 is 32.9 Å². The summed E-state index contributed by atoms with van der Waals surface area (Å²) in [5, 5.41) is 11.2. The predicted octanol–water partition coefficient (Wildman–Crippen LogP) is 2.84. The van der Waals surface area contributed by atoms with Gasteiger partial charge in [-0.25, -0.2) is 9.78 Å². The van der Waals surface area contributed by atoms with Gasteiger partial charge in [-0.05, 0) is 35.6 Å². The maximum absolute atomic E-state index is 11.2. The molecule has 0 saturated heterocycles. The molecule has 8 nitrogen and oxygen atoms in total. The van der Waals surface area contributed by atoms with Gasteiger partial charge in [-0.1, -0.05) is 11.2 Å². The third kappa shape index (κ3) is 2.01. The smallest absolute Gasteiger partial charge is 0.383 e. The van der Waals surface area contributed by atoms with Crippen LogP contribution in [0.2, 0.25) is 0 Å². The molecule has 0 radical (unpaired) electrons. The molecule has 128 valence electrons. The van der Waals surface area contributed by atoms with E-state index in [1.54, 1.807) is 28.2 Å². The lowest BCUT2D eigenvalue weighted by Gasteiger charge is -2.11. The standard InChI is InChI=1S/C17H12N6O2S/c1-8-2-3-12-9(4-5-26-12)13(8)10-6-19-16-11(7-20-23(16)14(10)18)15-21-17(24)25-22-15/h2-7H,18H2,1H3,(H,21,22,24). The highest BCUT2D eigenvalue weighted by atomic mass is 32.1. The maximum Gasteiger partial charge on any atom is 0.439 e. The molecule has 0 unspecified atom stereocenters. The van der Waals surface area contributed by atoms with E-state index < -0.39 is 5.76 Å². The molecule has 0 aliphatic rings. The van der Waals surface area contributed by atoms with Crippen LogP contribution in [0, 0.1) is 6.92 Å². The van der Waals surface area contributed by atoms with Gasteiger partial charge in [0.2, 0.25) is 0 Å². The van der Waals surface area contributed by atoms with Crippen molar-refractivity contribution in [3.8, 4) is 22.5 Å². The fraction of sp³-hybridized carbons (Fsp3) is 0.0588. The van der Waals surface area contributed by atoms with Crippen molar-refractivity contribution in [2.24, 2.45) is 0 Å². The minimum absolute atomic E-state index is 0.265. The monoisotopic (exact) mass is 364 g/mol. The first kappa shape index (κ1) is 14.8. The van der Waals surface area contributed by atoms with Crippen LogP contribution in [0.5, 0.6) is 0 Å². The summed E-state index contributed by atoms with van der Waals surface area (Å²) in [6.07, 6.45) is 3.28. The number of benzene rings is 1. The molecule has 0 amide bonds. The fourth-order valence-electron chi connectivity index (χ4n) is 3.16. The normalized spacial score (nSPS) is 11.6. The number of nitrogens with two attached hydrogens (primary N) is 1. The molecule has 3 N–H and O–H groups in total. The Kier molecular flexibility index (Phi) is 3.01. The van der Waals surface area contributed by atoms with Crippen molar-refractivity contribution in [3.05, 3.63) is 52.1 Å². The number of aromatic amines is 1. The molecular formula is C17H12N6O2S. The molecule has 0 aliphatic carbocycles. The molecule has 0 fully saturated rings. The van der Waals surface area contributed by atoms with Gasteiger partial charge in [0.15, 0.2) is 11.5 Å². The van der Waals surface area contributed by atoms with Gasteiger partial charge in [0.05, 0.1) is 11.8 Å². The zero-order valence-corrected chi connectivity index (χ0v) is 14.4. The largest absolute Gasteiger partial charge is 0.439 e. The Hall–Kier alpha value is -3.46. The number of hydrogen-bond donors (Lipinski definition) is 2. The summed E-state index contributed by atoms with van der Waals surface area (Å²) in [4.78, 5) is 18.2. The Morgan fingerprint density at radius 1 is 1.23 bits per heavy atom. The van der Waals surface area contributed by atoms with Gasteiger partial charge < -0.3 is 5.73 Å². The molecule has 5 rings (SSSR count). The van der Waals surface area contributed by atoms with Crippen molar-refractivity contribution in [2.45, 2.75) is 6.92 Å². The van der Waals surface area contributed by atoms with Crippen LogP contribution in [0.25, 0.3) is 38.2 Å². The second-order valence-corrected chi connectivity index (χ2v) is 6.83. The molecule has 5 aromatic rings. The number of hydrogen-bond acceptors (Lipinski definition) is 7. The van der Waals surface area contributed by atoms with Crippen LogP contribution in [0.4, 0.5) is 5.82 Å². The summed E-state index contributed by atoms with van der Waals surface area (Å²) in [6, 6.07) is 6.26. The van der Waals surface area contributed by atoms with Crippen molar-refractivity contribution in [1.29, 1.82) is 0 Å². The van der Waals surface area contributed by atoms with Crippen molar-refractivity contribution in [2.75, 3.05) is 5.73 Å². The lowest BCUT2D eigenvalue weighted by Crippen LogP contribution is -2.03. The number of nitrogens with zero attached hydrogens (tertiary/aromatic N) is 4. The molecule has 26 heavy (non-hydrogen) atoms. The molecule has 9 heteroatoms. The second-order valence-electron chi connectivity index (χ2n) is 5.88. The summed E-state index contributed by atoms with van der Waals surface area (Å²) >= 11 is 1.68. The van der Waals surface area contributed by atoms with Gasteiger partial charge in [-0.3, -0.25) is 9.51 Å². The number of aromatic nitrogens is 5. The van der Waals surface area contributed by atoms with E-state index in [1.807, 2.05) is 6.92 Å². The van der Waals surface area contributed by atoms with Crippen LogP contribution in [0.1, 0.15) is 5.56 Å². The zero-order valence-electron chi connectivity index (χ0n) is 13.6. The average Bonchev–Trinajstić information content (AvgIpc) is 3.34. The lowest BCUT2D eigenvalue weighted by molar-refractivity contribution is 0.388. The summed E-state index contributed by atoms with van der Waals surface area (Å²) in [5.41, 5.74) is 10.4. The van der Waals surface area contributed by atoms with Gasteiger partial charge in [-0.2, -0.15) is 9.61 Å². The van der Waals surface area contributed by atoms with E-state index in [0.29, 0.717) is 17.0 Å². The quantitative estimate of drug-likeness (QED) is 0.498. The van der Waals surface area contributed by atoms with Crippen LogP contribution in [-0.4, -0.2) is 24.7 Å². The molecule has 4 heterocycles. The molecule has 0 atom stereocenters. The highest BCUT2D eigenvalue weighted by molar-refractivity contribution is 7.17. The van der Waals surface area contributed by atoms with Crippen LogP contribution < -0.4 is 11.5 Å². The van der Waals surface area contributed by atoms with Crippen molar-refractivity contribution in [3.63, 3.8) is 0 Å². The molecule has 4 aromatic heterocycles. The number of rotatable bonds is 2. The molecule has 1 aromatic carbocycles. The number of H-pyrrole nitrogens is 1. The topological polar surface area (TPSA) is 115 Å². The van der Waals surface area contributed by atoms with Gasteiger partial charge in [0.1, 0.15) is 5.82 Å². The third-order valence-corrected chi connectivity index (χ3v) is 5.25. The van der Waals surface area contributed by atoms with E-state index in [-0.39, 0.29) is 5.82 Å². The lowest BCUT2D eigenvalue weighted by atomic mass is 9.98. The number of nitrogens with one attached hydrogen (secondary N) is 1. The van der Waals surface area contributed by atoms with Crippen molar-refractivity contribution < 1.29 is 4.52 Å². The number of fused-ring (bicyclic) bond motifs is 2. The minimum Gasteiger partial charge on any atom is -0.383 e. The first-order valence-corrected chi connectivity index (χ1v) is 8.67. The van der Waals surface area contributed by atoms with E-state index in [0.717, 1.165) is 22.1 Å². The Bertz CT molecular complexity index is 1340. The summed E-state index contributed by atoms with van der Waals surface area (Å²) in [7, 11) is 0. The second kappa shape index (κ2) is 5.27. The van der Waals surface area contributed by atoms with E-state index >= 15 is 0 Å². The Morgan fingerprint density at radius 3 is 2.92 bits per heavy atom. The van der Waals surface area contributed by atoms with Gasteiger partial charge in [0, 0.05) is 21.8 Å². The number of thiophene rings is 1. The molecule has 0 bridgehead atoms. The first-order valence-electron chi connectivity index (χ1n) is 7.79. The Balaban J connectivity index is 1.78. The zero-order chi connectivity index (χ0) is 17.8. The first-order chi connectivity index (χ1) is 12.6. The fourth-order valence-corrected chi connectivity index (χ4v) is 3.96. The van der Waals surface area contributed by atoms with E-state index in [1.165, 1.54) is 4.70 Å². The van der Waals surface area contributed by atoms with E-state index in [4.69, 9.17) is 5.73 Å². The molecular weight excluding hydrogens is 352 g/mol.